The van der Waals surface area contributed by atoms with E-state index in [1.807, 2.05) is 26.0 Å². The van der Waals surface area contributed by atoms with Crippen LogP contribution in [-0.4, -0.2) is 24.8 Å². The van der Waals surface area contributed by atoms with Crippen LogP contribution in [0.1, 0.15) is 33.1 Å². The van der Waals surface area contributed by atoms with Crippen molar-refractivity contribution in [1.29, 1.82) is 0 Å². The Morgan fingerprint density at radius 2 is 2.14 bits per heavy atom. The zero-order valence-electron chi connectivity index (χ0n) is 9.25. The molecule has 0 saturated carbocycles. The van der Waals surface area contributed by atoms with Gasteiger partial charge < -0.3 is 9.84 Å². The first kappa shape index (κ1) is 13.2. The molecular formula is C11H20O3. The lowest BCUT2D eigenvalue weighted by Crippen LogP contribution is -2.12. The number of rotatable bonds is 6. The average Bonchev–Trinajstić information content (AvgIpc) is 2.17. The van der Waals surface area contributed by atoms with E-state index in [9.17, 15) is 4.79 Å². The van der Waals surface area contributed by atoms with Gasteiger partial charge in [-0.25, -0.2) is 0 Å². The van der Waals surface area contributed by atoms with Gasteiger partial charge >= 0.3 is 5.97 Å². The SMILES string of the molecule is COC(=O)CCCC=CC(C)(C)CO. The monoisotopic (exact) mass is 200 g/mol. The Morgan fingerprint density at radius 1 is 1.50 bits per heavy atom. The summed E-state index contributed by atoms with van der Waals surface area (Å²) in [6.07, 6.45) is 6.08. The highest BCUT2D eigenvalue weighted by Crippen LogP contribution is 2.15. The van der Waals surface area contributed by atoms with E-state index in [1.54, 1.807) is 0 Å². The van der Waals surface area contributed by atoms with E-state index in [1.165, 1.54) is 7.11 Å². The zero-order valence-corrected chi connectivity index (χ0v) is 9.25. The first-order valence-electron chi connectivity index (χ1n) is 4.87. The minimum absolute atomic E-state index is 0.139. The predicted octanol–water partition coefficient (Wildman–Crippen LogP) is 1.90. The van der Waals surface area contributed by atoms with Crippen LogP contribution in [0.5, 0.6) is 0 Å². The number of hydrogen-bond donors (Lipinski definition) is 1. The third-order valence-corrected chi connectivity index (χ3v) is 1.96. The van der Waals surface area contributed by atoms with E-state index in [-0.39, 0.29) is 18.0 Å². The van der Waals surface area contributed by atoms with Crippen molar-refractivity contribution < 1.29 is 14.6 Å². The third kappa shape index (κ3) is 6.66. The third-order valence-electron chi connectivity index (χ3n) is 1.96. The molecule has 14 heavy (non-hydrogen) atoms. The maximum absolute atomic E-state index is 10.7. The molecule has 0 rings (SSSR count). The van der Waals surface area contributed by atoms with Gasteiger partial charge in [0.05, 0.1) is 13.7 Å². The fraction of sp³-hybridized carbons (Fsp3) is 0.727. The minimum Gasteiger partial charge on any atom is -0.469 e. The van der Waals surface area contributed by atoms with E-state index in [0.29, 0.717) is 6.42 Å². The number of ether oxygens (including phenoxy) is 1. The average molecular weight is 200 g/mol. The molecule has 0 amide bonds. The van der Waals surface area contributed by atoms with E-state index in [2.05, 4.69) is 4.74 Å². The summed E-state index contributed by atoms with van der Waals surface area (Å²) in [5, 5.41) is 8.95. The van der Waals surface area contributed by atoms with Crippen LogP contribution >= 0.6 is 0 Å². The molecule has 0 saturated heterocycles. The molecule has 0 aliphatic heterocycles. The quantitative estimate of drug-likeness (QED) is 0.404. The normalized spacial score (nSPS) is 12.0. The van der Waals surface area contributed by atoms with Crippen LogP contribution < -0.4 is 0 Å². The van der Waals surface area contributed by atoms with Crippen LogP contribution in [0.3, 0.4) is 0 Å². The highest BCUT2D eigenvalue weighted by atomic mass is 16.5. The Bertz CT molecular complexity index is 195. The Hall–Kier alpha value is -0.830. The van der Waals surface area contributed by atoms with Crippen molar-refractivity contribution in [2.75, 3.05) is 13.7 Å². The summed E-state index contributed by atoms with van der Waals surface area (Å²) in [6.45, 7) is 4.06. The number of allylic oxidation sites excluding steroid dienone is 1. The van der Waals surface area contributed by atoms with Crippen LogP contribution in [0.2, 0.25) is 0 Å². The number of esters is 1. The number of hydrogen-bond acceptors (Lipinski definition) is 3. The second-order valence-electron chi connectivity index (χ2n) is 4.02. The Balaban J connectivity index is 3.59. The first-order chi connectivity index (χ1) is 6.52. The summed E-state index contributed by atoms with van der Waals surface area (Å²) in [5.74, 6) is -0.167. The summed E-state index contributed by atoms with van der Waals surface area (Å²) >= 11 is 0. The lowest BCUT2D eigenvalue weighted by molar-refractivity contribution is -0.140. The van der Waals surface area contributed by atoms with Crippen molar-refractivity contribution in [2.45, 2.75) is 33.1 Å². The van der Waals surface area contributed by atoms with E-state index in [4.69, 9.17) is 5.11 Å². The molecule has 0 heterocycles. The maximum Gasteiger partial charge on any atom is 0.305 e. The summed E-state index contributed by atoms with van der Waals surface area (Å²) in [7, 11) is 1.40. The summed E-state index contributed by atoms with van der Waals surface area (Å²) in [4.78, 5) is 10.7. The van der Waals surface area contributed by atoms with Gasteiger partial charge in [0.1, 0.15) is 0 Å². The van der Waals surface area contributed by atoms with Crippen molar-refractivity contribution in [3.05, 3.63) is 12.2 Å². The van der Waals surface area contributed by atoms with Crippen LogP contribution in [0.25, 0.3) is 0 Å². The lowest BCUT2D eigenvalue weighted by Gasteiger charge is -2.15. The second kappa shape index (κ2) is 6.60. The highest BCUT2D eigenvalue weighted by Gasteiger charge is 2.10. The summed E-state index contributed by atoms with van der Waals surface area (Å²) in [6, 6.07) is 0. The van der Waals surface area contributed by atoms with Gasteiger partial charge in [-0.15, -0.1) is 0 Å². The molecule has 0 unspecified atom stereocenters. The van der Waals surface area contributed by atoms with Crippen LogP contribution in [0.4, 0.5) is 0 Å². The molecule has 0 fully saturated rings. The Kier molecular flexibility index (Phi) is 6.21. The van der Waals surface area contributed by atoms with Crippen LogP contribution in [-0.2, 0) is 9.53 Å². The standard InChI is InChI=1S/C11H20O3/c1-11(2,9-12)8-6-4-5-7-10(13)14-3/h6,8,12H,4-5,7,9H2,1-3H3. The van der Waals surface area contributed by atoms with Crippen molar-refractivity contribution in [3.63, 3.8) is 0 Å². The smallest absolute Gasteiger partial charge is 0.305 e. The number of methoxy groups -OCH3 is 1. The van der Waals surface area contributed by atoms with Gasteiger partial charge in [0, 0.05) is 11.8 Å². The van der Waals surface area contributed by atoms with Crippen molar-refractivity contribution in [2.24, 2.45) is 5.41 Å². The molecule has 82 valence electrons. The van der Waals surface area contributed by atoms with Gasteiger partial charge in [-0.3, -0.25) is 4.79 Å². The first-order valence-corrected chi connectivity index (χ1v) is 4.87. The molecule has 0 bridgehead atoms. The molecule has 0 radical (unpaired) electrons. The second-order valence-corrected chi connectivity index (χ2v) is 4.02. The number of aliphatic hydroxyl groups is 1. The van der Waals surface area contributed by atoms with E-state index >= 15 is 0 Å². The molecular weight excluding hydrogens is 180 g/mol. The molecule has 0 aliphatic rings. The molecule has 0 aromatic rings. The summed E-state index contributed by atoms with van der Waals surface area (Å²) < 4.78 is 4.52. The van der Waals surface area contributed by atoms with Crippen molar-refractivity contribution in [3.8, 4) is 0 Å². The molecule has 0 aromatic carbocycles. The van der Waals surface area contributed by atoms with Gasteiger partial charge in [0.15, 0.2) is 0 Å². The summed E-state index contributed by atoms with van der Waals surface area (Å²) in [5.41, 5.74) is -0.161. The Morgan fingerprint density at radius 3 is 2.64 bits per heavy atom. The number of carbonyl (C=O) groups is 1. The molecule has 0 spiro atoms. The number of unbranched alkanes of at least 4 members (excludes halogenated alkanes) is 1. The molecule has 0 atom stereocenters. The lowest BCUT2D eigenvalue weighted by atomic mass is 9.94. The van der Waals surface area contributed by atoms with E-state index < -0.39 is 0 Å². The van der Waals surface area contributed by atoms with Gasteiger partial charge in [0.25, 0.3) is 0 Å². The van der Waals surface area contributed by atoms with Crippen molar-refractivity contribution in [1.82, 2.24) is 0 Å². The zero-order chi connectivity index (χ0) is 11.0. The fourth-order valence-corrected chi connectivity index (χ4v) is 0.921. The van der Waals surface area contributed by atoms with Gasteiger partial charge in [-0.05, 0) is 12.8 Å². The maximum atomic E-state index is 10.7. The fourth-order valence-electron chi connectivity index (χ4n) is 0.921. The molecule has 1 N–H and O–H groups in total. The number of carbonyl (C=O) groups excluding carboxylic acids is 1. The number of aliphatic hydroxyl groups excluding tert-OH is 1. The van der Waals surface area contributed by atoms with Gasteiger partial charge in [-0.2, -0.15) is 0 Å². The molecule has 0 aliphatic carbocycles. The van der Waals surface area contributed by atoms with Crippen LogP contribution in [0.15, 0.2) is 12.2 Å². The Labute approximate surface area is 85.8 Å². The predicted molar refractivity (Wildman–Crippen MR) is 55.9 cm³/mol. The topological polar surface area (TPSA) is 46.5 Å². The highest BCUT2D eigenvalue weighted by molar-refractivity contribution is 5.68. The van der Waals surface area contributed by atoms with Crippen molar-refractivity contribution >= 4 is 5.97 Å². The van der Waals surface area contributed by atoms with E-state index in [0.717, 1.165) is 12.8 Å². The minimum atomic E-state index is -0.167. The van der Waals surface area contributed by atoms with Crippen LogP contribution in [0, 0.1) is 5.41 Å². The van der Waals surface area contributed by atoms with Gasteiger partial charge in [-0.1, -0.05) is 26.0 Å². The molecule has 3 nitrogen and oxygen atoms in total. The molecule has 0 aromatic heterocycles. The molecule has 3 heteroatoms. The van der Waals surface area contributed by atoms with Gasteiger partial charge in [0.2, 0.25) is 0 Å². The largest absolute Gasteiger partial charge is 0.469 e.